The van der Waals surface area contributed by atoms with E-state index in [0.29, 0.717) is 18.7 Å². The number of aromatic nitrogens is 1. The molecule has 0 aliphatic carbocycles. The van der Waals surface area contributed by atoms with Crippen LogP contribution in [0.2, 0.25) is 0 Å². The molecule has 0 atom stereocenters. The molecule has 0 saturated carbocycles. The van der Waals surface area contributed by atoms with E-state index in [-0.39, 0.29) is 10.7 Å². The Morgan fingerprint density at radius 1 is 1.10 bits per heavy atom. The fraction of sp³-hybridized carbons (Fsp3) is 0.429. The quantitative estimate of drug-likeness (QED) is 0.418. The smallest absolute Gasteiger partial charge is 0.321 e. The van der Waals surface area contributed by atoms with Crippen LogP contribution in [0.1, 0.15) is 27.3 Å². The number of esters is 1. The molecule has 9 heteroatoms. The van der Waals surface area contributed by atoms with Crippen LogP contribution < -0.4 is 0 Å². The zero-order valence-corrected chi connectivity index (χ0v) is 18.8. The van der Waals surface area contributed by atoms with Gasteiger partial charge in [0.05, 0.1) is 11.5 Å². The molecule has 2 rings (SSSR count). The monoisotopic (exact) mass is 436 g/mol. The Balaban J connectivity index is 1.97. The third kappa shape index (κ3) is 5.56. The number of likely N-dealkylation sites (N-methyl/N-ethyl adjacent to an activating group) is 1. The maximum Gasteiger partial charge on any atom is 0.321 e. The van der Waals surface area contributed by atoms with Gasteiger partial charge in [0.25, 0.3) is 0 Å². The van der Waals surface area contributed by atoms with Crippen molar-refractivity contribution >= 4 is 21.8 Å². The largest absolute Gasteiger partial charge is 0.456 e. The van der Waals surface area contributed by atoms with Gasteiger partial charge in [-0.15, -0.1) is 0 Å². The Bertz CT molecular complexity index is 1010. The molecule has 0 N–H and O–H groups in total. The molecular weight excluding hydrogens is 408 g/mol. The van der Waals surface area contributed by atoms with Crippen molar-refractivity contribution in [1.82, 2.24) is 8.87 Å². The van der Waals surface area contributed by atoms with Crippen molar-refractivity contribution in [2.24, 2.45) is 0 Å². The number of benzene rings is 1. The molecule has 1 aromatic heterocycles. The molecule has 0 saturated heterocycles. The van der Waals surface area contributed by atoms with Crippen LogP contribution in [-0.2, 0) is 30.8 Å². The average Bonchev–Trinajstić information content (AvgIpc) is 2.98. The van der Waals surface area contributed by atoms with E-state index in [2.05, 4.69) is 0 Å². The summed E-state index contributed by atoms with van der Waals surface area (Å²) < 4.78 is 38.1. The molecule has 0 fully saturated rings. The van der Waals surface area contributed by atoms with Gasteiger partial charge < -0.3 is 14.0 Å². The first-order valence-corrected chi connectivity index (χ1v) is 10.9. The lowest BCUT2D eigenvalue weighted by atomic mass is 10.1. The van der Waals surface area contributed by atoms with Gasteiger partial charge in [-0.2, -0.15) is 4.31 Å². The second kappa shape index (κ2) is 10.0. The van der Waals surface area contributed by atoms with Gasteiger partial charge in [0.15, 0.2) is 6.61 Å². The van der Waals surface area contributed by atoms with Crippen LogP contribution in [0.25, 0.3) is 0 Å². The predicted molar refractivity (Wildman–Crippen MR) is 112 cm³/mol. The molecule has 0 bridgehead atoms. The first kappa shape index (κ1) is 23.8. The first-order valence-electron chi connectivity index (χ1n) is 9.45. The van der Waals surface area contributed by atoms with Gasteiger partial charge in [-0.1, -0.05) is 17.7 Å². The number of ketones is 1. The third-order valence-electron chi connectivity index (χ3n) is 4.84. The standard InChI is InChI=1S/C21H28N2O6S/c1-15-6-8-18(9-7-15)30(26,27)22(4)13-21(25)29-14-20(24)19-12-16(2)23(17(19)3)10-11-28-5/h6-9,12H,10-11,13-14H2,1-5H3. The van der Waals surface area contributed by atoms with Crippen molar-refractivity contribution in [3.63, 3.8) is 0 Å². The molecule has 164 valence electrons. The fourth-order valence-corrected chi connectivity index (χ4v) is 4.15. The van der Waals surface area contributed by atoms with Crippen LogP contribution in [0.15, 0.2) is 35.2 Å². The van der Waals surface area contributed by atoms with Crippen molar-refractivity contribution in [2.45, 2.75) is 32.2 Å². The van der Waals surface area contributed by atoms with Crippen molar-refractivity contribution in [2.75, 3.05) is 33.9 Å². The molecule has 1 heterocycles. The number of hydrogen-bond acceptors (Lipinski definition) is 6. The summed E-state index contributed by atoms with van der Waals surface area (Å²) in [6.45, 7) is 5.74. The second-order valence-corrected chi connectivity index (χ2v) is 9.13. The van der Waals surface area contributed by atoms with E-state index in [1.54, 1.807) is 25.3 Å². The minimum atomic E-state index is -3.83. The molecule has 2 aromatic rings. The van der Waals surface area contributed by atoms with Gasteiger partial charge in [0.2, 0.25) is 15.8 Å². The van der Waals surface area contributed by atoms with Gasteiger partial charge >= 0.3 is 5.97 Å². The Kier molecular flexibility index (Phi) is 7.94. The number of rotatable bonds is 10. The Labute approximate surface area is 177 Å². The molecule has 0 unspecified atom stereocenters. The summed E-state index contributed by atoms with van der Waals surface area (Å²) in [4.78, 5) is 24.7. The molecule has 1 aromatic carbocycles. The molecular formula is C21H28N2O6S. The highest BCUT2D eigenvalue weighted by Gasteiger charge is 2.24. The van der Waals surface area contributed by atoms with E-state index in [1.165, 1.54) is 19.2 Å². The number of Topliss-reactive ketones (excluding diaryl/α,β-unsaturated/α-hetero) is 1. The van der Waals surface area contributed by atoms with Crippen molar-refractivity contribution in [3.8, 4) is 0 Å². The van der Waals surface area contributed by atoms with Gasteiger partial charge in [0.1, 0.15) is 6.54 Å². The number of hydrogen-bond donors (Lipinski definition) is 0. The van der Waals surface area contributed by atoms with E-state index in [4.69, 9.17) is 9.47 Å². The van der Waals surface area contributed by atoms with Crippen LogP contribution in [0.5, 0.6) is 0 Å². The van der Waals surface area contributed by atoms with E-state index >= 15 is 0 Å². The molecule has 30 heavy (non-hydrogen) atoms. The third-order valence-corrected chi connectivity index (χ3v) is 6.66. The summed E-state index contributed by atoms with van der Waals surface area (Å²) in [6, 6.07) is 8.07. The molecule has 8 nitrogen and oxygen atoms in total. The Hall–Kier alpha value is -2.49. The van der Waals surface area contributed by atoms with Gasteiger partial charge in [-0.05, 0) is 39.0 Å². The topological polar surface area (TPSA) is 94.9 Å². The van der Waals surface area contributed by atoms with Crippen molar-refractivity contribution in [3.05, 3.63) is 52.8 Å². The summed E-state index contributed by atoms with van der Waals surface area (Å²) >= 11 is 0. The van der Waals surface area contributed by atoms with Crippen LogP contribution >= 0.6 is 0 Å². The molecule has 0 aliphatic heterocycles. The number of carbonyl (C=O) groups is 2. The maximum atomic E-state index is 12.5. The highest BCUT2D eigenvalue weighted by atomic mass is 32.2. The summed E-state index contributed by atoms with van der Waals surface area (Å²) in [5, 5.41) is 0. The van der Waals surface area contributed by atoms with E-state index in [0.717, 1.165) is 21.3 Å². The number of sulfonamides is 1. The number of methoxy groups -OCH3 is 1. The van der Waals surface area contributed by atoms with Gasteiger partial charge in [-0.25, -0.2) is 8.42 Å². The lowest BCUT2D eigenvalue weighted by Gasteiger charge is -2.16. The molecule has 0 spiro atoms. The van der Waals surface area contributed by atoms with Crippen LogP contribution in [0, 0.1) is 20.8 Å². The SMILES string of the molecule is COCCn1c(C)cc(C(=O)COC(=O)CN(C)S(=O)(=O)c2ccc(C)cc2)c1C. The van der Waals surface area contributed by atoms with Crippen LogP contribution in [0.4, 0.5) is 0 Å². The summed E-state index contributed by atoms with van der Waals surface area (Å²) in [6.07, 6.45) is 0. The maximum absolute atomic E-state index is 12.5. The van der Waals surface area contributed by atoms with Crippen molar-refractivity contribution < 1.29 is 27.5 Å². The Morgan fingerprint density at radius 2 is 1.73 bits per heavy atom. The lowest BCUT2D eigenvalue weighted by Crippen LogP contribution is -2.33. The van der Waals surface area contributed by atoms with Gasteiger partial charge in [0, 0.05) is 37.7 Å². The number of aryl methyl sites for hydroxylation is 2. The van der Waals surface area contributed by atoms with Crippen LogP contribution in [-0.4, -0.2) is 63.0 Å². The van der Waals surface area contributed by atoms with E-state index in [1.807, 2.05) is 25.3 Å². The van der Waals surface area contributed by atoms with E-state index < -0.39 is 29.1 Å². The highest BCUT2D eigenvalue weighted by Crippen LogP contribution is 2.17. The lowest BCUT2D eigenvalue weighted by molar-refractivity contribution is -0.142. The van der Waals surface area contributed by atoms with Crippen molar-refractivity contribution in [1.29, 1.82) is 0 Å². The highest BCUT2D eigenvalue weighted by molar-refractivity contribution is 7.89. The summed E-state index contributed by atoms with van der Waals surface area (Å²) in [7, 11) is -0.927. The zero-order valence-electron chi connectivity index (χ0n) is 18.0. The fourth-order valence-electron chi connectivity index (χ4n) is 3.04. The first-order chi connectivity index (χ1) is 14.1. The second-order valence-electron chi connectivity index (χ2n) is 7.09. The molecule has 0 radical (unpaired) electrons. The zero-order chi connectivity index (χ0) is 22.5. The average molecular weight is 437 g/mol. The number of carbonyl (C=O) groups excluding carboxylic acids is 2. The van der Waals surface area contributed by atoms with Crippen LogP contribution in [0.3, 0.4) is 0 Å². The number of nitrogens with zero attached hydrogens (tertiary/aromatic N) is 2. The minimum Gasteiger partial charge on any atom is -0.456 e. The van der Waals surface area contributed by atoms with E-state index in [9.17, 15) is 18.0 Å². The summed E-state index contributed by atoms with van der Waals surface area (Å²) in [5.74, 6) is -1.14. The summed E-state index contributed by atoms with van der Waals surface area (Å²) in [5.41, 5.74) is 3.07. The van der Waals surface area contributed by atoms with Gasteiger partial charge in [-0.3, -0.25) is 9.59 Å². The minimum absolute atomic E-state index is 0.0861. The molecule has 0 amide bonds. The Morgan fingerprint density at radius 3 is 2.33 bits per heavy atom. The predicted octanol–water partition coefficient (Wildman–Crippen LogP) is 2.11. The number of ether oxygens (including phenoxy) is 2. The molecule has 0 aliphatic rings. The normalized spacial score (nSPS) is 11.7.